The summed E-state index contributed by atoms with van der Waals surface area (Å²) in [6.07, 6.45) is 0. The molecule has 0 saturated heterocycles. The largest absolute Gasteiger partial charge is 0.425 e. The number of esters is 5. The van der Waals surface area contributed by atoms with Gasteiger partial charge in [-0.1, -0.05) is 6.07 Å². The van der Waals surface area contributed by atoms with Gasteiger partial charge in [-0.2, -0.15) is 0 Å². The molecule has 0 aliphatic rings. The van der Waals surface area contributed by atoms with Gasteiger partial charge in [-0.25, -0.2) is 0 Å². The van der Waals surface area contributed by atoms with Gasteiger partial charge in [-0.3, -0.25) is 28.8 Å². The molecule has 11 nitrogen and oxygen atoms in total. The summed E-state index contributed by atoms with van der Waals surface area (Å²) in [5, 5.41) is -0.224. The van der Waals surface area contributed by atoms with Crippen LogP contribution in [0.5, 0.6) is 28.7 Å². The molecular formula is C23H18O11S. The van der Waals surface area contributed by atoms with Crippen LogP contribution in [0.15, 0.2) is 23.0 Å². The highest BCUT2D eigenvalue weighted by Crippen LogP contribution is 2.53. The Bertz CT molecular complexity index is 1480. The smallest absolute Gasteiger partial charge is 0.308 e. The Morgan fingerprint density at radius 2 is 1.06 bits per heavy atom. The Morgan fingerprint density at radius 3 is 1.57 bits per heavy atom. The van der Waals surface area contributed by atoms with Crippen LogP contribution in [0, 0.1) is 0 Å². The van der Waals surface area contributed by atoms with Gasteiger partial charge in [-0.05, 0) is 12.1 Å². The molecule has 0 atom stereocenters. The average molecular weight is 502 g/mol. The minimum atomic E-state index is -0.908. The molecule has 12 heteroatoms. The Hall–Kier alpha value is -4.32. The average Bonchev–Trinajstić information content (AvgIpc) is 2.72. The quantitative estimate of drug-likeness (QED) is 0.288. The van der Waals surface area contributed by atoms with Gasteiger partial charge in [0, 0.05) is 40.0 Å². The number of ether oxygens (including phenoxy) is 5. The van der Waals surface area contributed by atoms with E-state index in [1.54, 1.807) is 0 Å². The third kappa shape index (κ3) is 5.27. The number of fused-ring (bicyclic) bond motifs is 2. The van der Waals surface area contributed by atoms with Crippen molar-refractivity contribution in [1.29, 1.82) is 0 Å². The second-order valence-corrected chi connectivity index (χ2v) is 8.07. The number of hydrogen-bond donors (Lipinski definition) is 0. The van der Waals surface area contributed by atoms with Gasteiger partial charge in [0.2, 0.25) is 11.5 Å². The van der Waals surface area contributed by atoms with Crippen LogP contribution in [-0.2, 0) is 24.0 Å². The van der Waals surface area contributed by atoms with E-state index < -0.39 is 58.3 Å². The predicted molar refractivity (Wildman–Crippen MR) is 122 cm³/mol. The molecule has 0 N–H and O–H groups in total. The monoisotopic (exact) mass is 502 g/mol. The summed E-state index contributed by atoms with van der Waals surface area (Å²) in [5.41, 5.74) is -0.727. The van der Waals surface area contributed by atoms with Crippen LogP contribution in [0.25, 0.3) is 20.2 Å². The van der Waals surface area contributed by atoms with Crippen molar-refractivity contribution in [1.82, 2.24) is 0 Å². The van der Waals surface area contributed by atoms with E-state index in [4.69, 9.17) is 23.7 Å². The topological polar surface area (TPSA) is 149 Å². The van der Waals surface area contributed by atoms with Crippen LogP contribution in [-0.4, -0.2) is 29.8 Å². The third-order valence-corrected chi connectivity index (χ3v) is 5.39. The maximum Gasteiger partial charge on any atom is 0.308 e. The number of rotatable bonds is 5. The molecule has 35 heavy (non-hydrogen) atoms. The Kier molecular flexibility index (Phi) is 7.15. The highest BCUT2D eigenvalue weighted by atomic mass is 32.1. The summed E-state index contributed by atoms with van der Waals surface area (Å²) in [6, 6.07) is 4.36. The molecule has 1 heterocycles. The van der Waals surface area contributed by atoms with Gasteiger partial charge in [0.05, 0.1) is 14.8 Å². The molecule has 0 aliphatic carbocycles. The molecule has 0 bridgehead atoms. The van der Waals surface area contributed by atoms with Crippen LogP contribution in [0.1, 0.15) is 34.6 Å². The first-order valence-electron chi connectivity index (χ1n) is 9.92. The van der Waals surface area contributed by atoms with Crippen molar-refractivity contribution in [2.45, 2.75) is 34.6 Å². The van der Waals surface area contributed by atoms with Crippen molar-refractivity contribution in [3.63, 3.8) is 0 Å². The van der Waals surface area contributed by atoms with Crippen LogP contribution in [0.3, 0.4) is 0 Å². The van der Waals surface area contributed by atoms with Crippen molar-refractivity contribution >= 4 is 61.4 Å². The summed E-state index contributed by atoms with van der Waals surface area (Å²) >= 11 is 0.835. The first-order valence-corrected chi connectivity index (χ1v) is 10.7. The third-order valence-electron chi connectivity index (χ3n) is 4.17. The molecule has 1 aromatic heterocycles. The fourth-order valence-corrected chi connectivity index (χ4v) is 4.37. The minimum absolute atomic E-state index is 0.0416. The van der Waals surface area contributed by atoms with E-state index in [1.807, 2.05) is 0 Å². The first kappa shape index (κ1) is 25.3. The van der Waals surface area contributed by atoms with E-state index in [9.17, 15) is 28.8 Å². The van der Waals surface area contributed by atoms with Crippen molar-refractivity contribution < 1.29 is 47.7 Å². The highest BCUT2D eigenvalue weighted by molar-refractivity contribution is 7.25. The lowest BCUT2D eigenvalue weighted by Crippen LogP contribution is -2.15. The molecule has 0 spiro atoms. The van der Waals surface area contributed by atoms with Gasteiger partial charge in [-0.15, -0.1) is 11.3 Å². The lowest BCUT2D eigenvalue weighted by Gasteiger charge is -2.19. The maximum absolute atomic E-state index is 13.6. The maximum atomic E-state index is 13.6. The van der Waals surface area contributed by atoms with E-state index in [-0.39, 0.29) is 25.9 Å². The van der Waals surface area contributed by atoms with E-state index in [1.165, 1.54) is 25.1 Å². The molecule has 0 saturated carbocycles. The lowest BCUT2D eigenvalue weighted by atomic mass is 10.1. The van der Waals surface area contributed by atoms with Crippen LogP contribution in [0.4, 0.5) is 0 Å². The van der Waals surface area contributed by atoms with E-state index in [2.05, 4.69) is 0 Å². The molecule has 2 aromatic carbocycles. The fourth-order valence-electron chi connectivity index (χ4n) is 3.17. The molecule has 182 valence electrons. The van der Waals surface area contributed by atoms with Crippen LogP contribution >= 0.6 is 11.3 Å². The molecule has 3 rings (SSSR count). The zero-order valence-electron chi connectivity index (χ0n) is 19.1. The van der Waals surface area contributed by atoms with Crippen molar-refractivity contribution in [3.8, 4) is 28.7 Å². The van der Waals surface area contributed by atoms with Crippen LogP contribution < -0.4 is 29.1 Å². The molecule has 0 amide bonds. The lowest BCUT2D eigenvalue weighted by molar-refractivity contribution is -0.136. The van der Waals surface area contributed by atoms with Gasteiger partial charge in [0.25, 0.3) is 0 Å². The summed E-state index contributed by atoms with van der Waals surface area (Å²) in [4.78, 5) is 72.8. The van der Waals surface area contributed by atoms with E-state index in [0.717, 1.165) is 39.0 Å². The summed E-state index contributed by atoms with van der Waals surface area (Å²) in [5.74, 6) is -6.27. The Balaban J connectivity index is 2.66. The fraction of sp³-hybridized carbons (Fsp3) is 0.217. The SMILES string of the molecule is CC(=O)Oc1c(OC(C)=O)c(OC(C)=O)c2c(=O)c3cccc(OC(C)=O)c3sc2c1OC(C)=O. The number of benzene rings is 2. The van der Waals surface area contributed by atoms with Gasteiger partial charge >= 0.3 is 29.8 Å². The molecular weight excluding hydrogens is 484 g/mol. The van der Waals surface area contributed by atoms with Crippen molar-refractivity contribution in [3.05, 3.63) is 28.4 Å². The first-order chi connectivity index (χ1) is 16.4. The molecule has 0 aliphatic heterocycles. The summed E-state index contributed by atoms with van der Waals surface area (Å²) in [6.45, 7) is 5.34. The zero-order valence-corrected chi connectivity index (χ0v) is 19.9. The molecule has 3 aromatic rings. The molecule has 0 fully saturated rings. The van der Waals surface area contributed by atoms with Crippen LogP contribution in [0.2, 0.25) is 0 Å². The summed E-state index contributed by atoms with van der Waals surface area (Å²) < 4.78 is 26.2. The standard InChI is InChI=1S/C23H18O11S/c1-9(24)30-15-8-6-7-14-17(29)16-18(31-10(2)25)19(32-11(3)26)20(33-12(4)27)21(34-13(5)28)23(16)35-22(14)15/h6-8H,1-5H3. The van der Waals surface area contributed by atoms with E-state index >= 15 is 0 Å². The second kappa shape index (κ2) is 9.89. The van der Waals surface area contributed by atoms with Gasteiger partial charge in [0.15, 0.2) is 16.9 Å². The Labute approximate surface area is 201 Å². The molecule has 0 unspecified atom stereocenters. The van der Waals surface area contributed by atoms with E-state index in [0.29, 0.717) is 0 Å². The van der Waals surface area contributed by atoms with Gasteiger partial charge < -0.3 is 23.7 Å². The number of carbonyl (C=O) groups is 5. The minimum Gasteiger partial charge on any atom is -0.425 e. The summed E-state index contributed by atoms with van der Waals surface area (Å²) in [7, 11) is 0. The molecule has 0 radical (unpaired) electrons. The normalized spacial score (nSPS) is 10.5. The van der Waals surface area contributed by atoms with Crippen molar-refractivity contribution in [2.75, 3.05) is 0 Å². The zero-order chi connectivity index (χ0) is 26.0. The van der Waals surface area contributed by atoms with Gasteiger partial charge in [0.1, 0.15) is 5.75 Å². The number of carbonyl (C=O) groups excluding carboxylic acids is 5. The number of hydrogen-bond acceptors (Lipinski definition) is 12. The van der Waals surface area contributed by atoms with Crippen molar-refractivity contribution in [2.24, 2.45) is 0 Å². The Morgan fingerprint density at radius 1 is 0.600 bits per heavy atom. The second-order valence-electron chi connectivity index (χ2n) is 7.05. The predicted octanol–water partition coefficient (Wildman–Crippen LogP) is 3.04. The highest BCUT2D eigenvalue weighted by Gasteiger charge is 2.32.